The molecule has 152 valence electrons. The van der Waals surface area contributed by atoms with Crippen molar-refractivity contribution in [3.8, 4) is 0 Å². The summed E-state index contributed by atoms with van der Waals surface area (Å²) in [5.41, 5.74) is -0.641. The third-order valence-corrected chi connectivity index (χ3v) is 5.57. The van der Waals surface area contributed by atoms with Crippen LogP contribution in [0.15, 0.2) is 42.0 Å². The van der Waals surface area contributed by atoms with Crippen molar-refractivity contribution in [2.24, 2.45) is 0 Å². The number of alkyl halides is 3. The summed E-state index contributed by atoms with van der Waals surface area (Å²) in [4.78, 5) is 26.0. The Labute approximate surface area is 169 Å². The number of anilines is 2. The molecule has 10 heteroatoms. The quantitative estimate of drug-likeness (QED) is 0.699. The molecule has 0 atom stereocenters. The number of carbonyl (C=O) groups is 1. The molecule has 2 aromatic heterocycles. The van der Waals surface area contributed by atoms with Crippen LogP contribution in [0.25, 0.3) is 10.2 Å². The van der Waals surface area contributed by atoms with Crippen molar-refractivity contribution in [1.82, 2.24) is 14.9 Å². The first kappa shape index (κ1) is 19.6. The number of aromatic nitrogens is 2. The van der Waals surface area contributed by atoms with Crippen molar-refractivity contribution in [2.45, 2.75) is 6.18 Å². The summed E-state index contributed by atoms with van der Waals surface area (Å²) in [6, 6.07) is 6.66. The highest BCUT2D eigenvalue weighted by Gasteiger charge is 2.30. The summed E-state index contributed by atoms with van der Waals surface area (Å²) in [5, 5.41) is 5.56. The molecule has 0 unspecified atom stereocenters. The van der Waals surface area contributed by atoms with Crippen LogP contribution < -0.4 is 10.2 Å². The molecule has 1 saturated heterocycles. The van der Waals surface area contributed by atoms with E-state index in [1.165, 1.54) is 12.1 Å². The number of nitrogens with one attached hydrogen (secondary N) is 1. The van der Waals surface area contributed by atoms with Crippen LogP contribution in [0.2, 0.25) is 0 Å². The SMILES string of the molecule is O=C(CN1CCN(c2ncnc3sccc23)CC1)Nc1cccc(C(F)(F)F)c1. The third kappa shape index (κ3) is 4.48. The van der Waals surface area contributed by atoms with Gasteiger partial charge in [0.05, 0.1) is 17.5 Å². The maximum Gasteiger partial charge on any atom is 0.416 e. The van der Waals surface area contributed by atoms with Crippen LogP contribution in [0, 0.1) is 0 Å². The predicted octanol–water partition coefficient (Wildman–Crippen LogP) is 3.47. The van der Waals surface area contributed by atoms with Gasteiger partial charge in [-0.15, -0.1) is 11.3 Å². The Morgan fingerprint density at radius 1 is 1.14 bits per heavy atom. The molecule has 6 nitrogen and oxygen atoms in total. The minimum atomic E-state index is -4.44. The molecule has 1 fully saturated rings. The highest BCUT2D eigenvalue weighted by molar-refractivity contribution is 7.16. The molecule has 0 radical (unpaired) electrons. The number of hydrogen-bond donors (Lipinski definition) is 1. The molecule has 29 heavy (non-hydrogen) atoms. The van der Waals surface area contributed by atoms with Gasteiger partial charge in [-0.05, 0) is 29.6 Å². The van der Waals surface area contributed by atoms with Gasteiger partial charge in [0, 0.05) is 31.9 Å². The second-order valence-corrected chi connectivity index (χ2v) is 7.62. The fourth-order valence-electron chi connectivity index (χ4n) is 3.32. The summed E-state index contributed by atoms with van der Waals surface area (Å²) in [5.74, 6) is 0.560. The second-order valence-electron chi connectivity index (χ2n) is 6.73. The van der Waals surface area contributed by atoms with E-state index in [9.17, 15) is 18.0 Å². The Hall–Kier alpha value is -2.72. The number of rotatable bonds is 4. The Morgan fingerprint density at radius 2 is 1.93 bits per heavy atom. The lowest BCUT2D eigenvalue weighted by Crippen LogP contribution is -2.49. The molecule has 1 N–H and O–H groups in total. The number of hydrogen-bond acceptors (Lipinski definition) is 6. The van der Waals surface area contributed by atoms with Crippen molar-refractivity contribution >= 4 is 39.0 Å². The Balaban J connectivity index is 1.33. The summed E-state index contributed by atoms with van der Waals surface area (Å²) >= 11 is 1.57. The fourth-order valence-corrected chi connectivity index (χ4v) is 4.05. The largest absolute Gasteiger partial charge is 0.416 e. The standard InChI is InChI=1S/C19H18F3N5OS/c20-19(21,22)13-2-1-3-14(10-13)25-16(28)11-26-5-7-27(8-6-26)17-15-4-9-29-18(15)24-12-23-17/h1-4,9-10,12H,5-8,11H2,(H,25,28). The zero-order valence-electron chi connectivity index (χ0n) is 15.3. The number of fused-ring (bicyclic) bond motifs is 1. The van der Waals surface area contributed by atoms with E-state index in [4.69, 9.17) is 0 Å². The zero-order valence-corrected chi connectivity index (χ0v) is 16.1. The van der Waals surface area contributed by atoms with Gasteiger partial charge >= 0.3 is 6.18 Å². The average molecular weight is 421 g/mol. The molecule has 0 aliphatic carbocycles. The van der Waals surface area contributed by atoms with Gasteiger partial charge in [-0.3, -0.25) is 9.69 Å². The number of thiophene rings is 1. The molecule has 1 aromatic carbocycles. The Kier molecular flexibility index (Phi) is 5.37. The maximum absolute atomic E-state index is 12.8. The maximum atomic E-state index is 12.8. The average Bonchev–Trinajstić information content (AvgIpc) is 3.17. The molecule has 1 aliphatic heterocycles. The molecule has 0 bridgehead atoms. The van der Waals surface area contributed by atoms with Crippen LogP contribution in [0.4, 0.5) is 24.7 Å². The molecule has 1 aliphatic rings. The molecule has 4 rings (SSSR count). The molecule has 3 heterocycles. The fraction of sp³-hybridized carbons (Fsp3) is 0.316. The van der Waals surface area contributed by atoms with Gasteiger partial charge < -0.3 is 10.2 Å². The van der Waals surface area contributed by atoms with Crippen molar-refractivity contribution in [2.75, 3.05) is 42.9 Å². The van der Waals surface area contributed by atoms with E-state index in [2.05, 4.69) is 20.2 Å². The van der Waals surface area contributed by atoms with E-state index >= 15 is 0 Å². The monoisotopic (exact) mass is 421 g/mol. The lowest BCUT2D eigenvalue weighted by Gasteiger charge is -2.35. The minimum absolute atomic E-state index is 0.127. The molecule has 0 spiro atoms. The normalized spacial score (nSPS) is 15.6. The van der Waals surface area contributed by atoms with Crippen LogP contribution in [-0.4, -0.2) is 53.5 Å². The number of halogens is 3. The van der Waals surface area contributed by atoms with E-state index in [0.29, 0.717) is 26.2 Å². The van der Waals surface area contributed by atoms with Crippen LogP contribution >= 0.6 is 11.3 Å². The van der Waals surface area contributed by atoms with Crippen molar-refractivity contribution < 1.29 is 18.0 Å². The van der Waals surface area contributed by atoms with E-state index < -0.39 is 11.7 Å². The van der Waals surface area contributed by atoms with Gasteiger partial charge in [0.1, 0.15) is 17.0 Å². The van der Waals surface area contributed by atoms with Crippen LogP contribution in [-0.2, 0) is 11.0 Å². The lowest BCUT2D eigenvalue weighted by molar-refractivity contribution is -0.137. The van der Waals surface area contributed by atoms with Gasteiger partial charge in [-0.2, -0.15) is 13.2 Å². The van der Waals surface area contributed by atoms with Gasteiger partial charge in [-0.1, -0.05) is 6.07 Å². The number of amides is 1. The first-order valence-electron chi connectivity index (χ1n) is 9.03. The first-order valence-corrected chi connectivity index (χ1v) is 9.91. The van der Waals surface area contributed by atoms with Gasteiger partial charge in [0.2, 0.25) is 5.91 Å². The van der Waals surface area contributed by atoms with E-state index in [1.807, 2.05) is 16.3 Å². The third-order valence-electron chi connectivity index (χ3n) is 4.75. The van der Waals surface area contributed by atoms with Gasteiger partial charge in [-0.25, -0.2) is 9.97 Å². The summed E-state index contributed by atoms with van der Waals surface area (Å²) in [6.07, 6.45) is -2.88. The lowest BCUT2D eigenvalue weighted by atomic mass is 10.2. The van der Waals surface area contributed by atoms with Crippen molar-refractivity contribution in [3.05, 3.63) is 47.6 Å². The molecule has 1 amide bonds. The Bertz CT molecular complexity index is 1010. The number of nitrogens with zero attached hydrogens (tertiary/aromatic N) is 4. The van der Waals surface area contributed by atoms with Crippen molar-refractivity contribution in [3.63, 3.8) is 0 Å². The zero-order chi connectivity index (χ0) is 20.4. The highest BCUT2D eigenvalue weighted by Crippen LogP contribution is 2.31. The van der Waals surface area contributed by atoms with Crippen LogP contribution in [0.1, 0.15) is 5.56 Å². The van der Waals surface area contributed by atoms with Crippen molar-refractivity contribution in [1.29, 1.82) is 0 Å². The van der Waals surface area contributed by atoms with E-state index in [1.54, 1.807) is 17.7 Å². The summed E-state index contributed by atoms with van der Waals surface area (Å²) in [7, 11) is 0. The summed E-state index contributed by atoms with van der Waals surface area (Å²) in [6.45, 7) is 2.86. The molecule has 3 aromatic rings. The predicted molar refractivity (Wildman–Crippen MR) is 106 cm³/mol. The van der Waals surface area contributed by atoms with Gasteiger partial charge in [0.15, 0.2) is 0 Å². The minimum Gasteiger partial charge on any atom is -0.353 e. The summed E-state index contributed by atoms with van der Waals surface area (Å²) < 4.78 is 38.4. The van der Waals surface area contributed by atoms with E-state index in [-0.39, 0.29) is 18.1 Å². The smallest absolute Gasteiger partial charge is 0.353 e. The topological polar surface area (TPSA) is 61.4 Å². The Morgan fingerprint density at radius 3 is 2.69 bits per heavy atom. The second kappa shape index (κ2) is 7.96. The first-order chi connectivity index (χ1) is 13.9. The van der Waals surface area contributed by atoms with Gasteiger partial charge in [0.25, 0.3) is 0 Å². The molecule has 0 saturated carbocycles. The number of benzene rings is 1. The van der Waals surface area contributed by atoms with Crippen LogP contribution in [0.3, 0.4) is 0 Å². The number of carbonyl (C=O) groups excluding carboxylic acids is 1. The number of piperazine rings is 1. The molecular weight excluding hydrogens is 403 g/mol. The molecular formula is C19H18F3N5OS. The highest BCUT2D eigenvalue weighted by atomic mass is 32.1. The van der Waals surface area contributed by atoms with Crippen LogP contribution in [0.5, 0.6) is 0 Å². The van der Waals surface area contributed by atoms with E-state index in [0.717, 1.165) is 28.2 Å².